The van der Waals surface area contributed by atoms with E-state index in [0.29, 0.717) is 6.42 Å². The van der Waals surface area contributed by atoms with Crippen LogP contribution in [-0.4, -0.2) is 42.8 Å². The van der Waals surface area contributed by atoms with Crippen LogP contribution in [0.2, 0.25) is 0 Å². The van der Waals surface area contributed by atoms with Gasteiger partial charge in [-0.1, -0.05) is 31.9 Å². The number of allylic oxidation sites excluding steroid dienone is 1. The number of unbranched alkanes of at least 4 members (excludes halogenated alkanes) is 1. The molecule has 0 aliphatic carbocycles. The minimum Gasteiger partial charge on any atom is -0.469 e. The van der Waals surface area contributed by atoms with E-state index in [1.54, 1.807) is 0 Å². The zero-order valence-corrected chi connectivity index (χ0v) is 13.5. The quantitative estimate of drug-likeness (QED) is 0.551. The Hall–Kier alpha value is -0.910. The average molecular weight is 300 g/mol. The monoisotopic (exact) mass is 300 g/mol. The number of hydrogen-bond donors (Lipinski definition) is 1. The summed E-state index contributed by atoms with van der Waals surface area (Å²) < 4.78 is 16.1. The van der Waals surface area contributed by atoms with Crippen LogP contribution in [0, 0.1) is 5.92 Å². The molecule has 0 bridgehead atoms. The highest BCUT2D eigenvalue weighted by Gasteiger charge is 2.39. The molecule has 1 aliphatic heterocycles. The Kier molecular flexibility index (Phi) is 7.35. The predicted molar refractivity (Wildman–Crippen MR) is 79.7 cm³/mol. The van der Waals surface area contributed by atoms with Gasteiger partial charge in [-0.05, 0) is 26.2 Å². The van der Waals surface area contributed by atoms with Gasteiger partial charge in [0.25, 0.3) is 0 Å². The van der Waals surface area contributed by atoms with E-state index in [2.05, 4.69) is 6.92 Å². The van der Waals surface area contributed by atoms with E-state index >= 15 is 0 Å². The molecule has 1 saturated heterocycles. The lowest BCUT2D eigenvalue weighted by Gasteiger charge is -2.16. The van der Waals surface area contributed by atoms with E-state index in [1.165, 1.54) is 7.11 Å². The fourth-order valence-electron chi connectivity index (χ4n) is 2.46. The maximum Gasteiger partial charge on any atom is 0.306 e. The van der Waals surface area contributed by atoms with Crippen LogP contribution in [0.3, 0.4) is 0 Å². The molecule has 1 N–H and O–H groups in total. The molecule has 1 heterocycles. The molecular weight excluding hydrogens is 272 g/mol. The summed E-state index contributed by atoms with van der Waals surface area (Å²) in [6.45, 7) is 5.69. The number of esters is 1. The number of rotatable bonds is 8. The summed E-state index contributed by atoms with van der Waals surface area (Å²) in [4.78, 5) is 11.5. The van der Waals surface area contributed by atoms with Crippen molar-refractivity contribution in [3.8, 4) is 0 Å². The Morgan fingerprint density at radius 3 is 2.71 bits per heavy atom. The highest BCUT2D eigenvalue weighted by molar-refractivity contribution is 5.69. The first kappa shape index (κ1) is 18.1. The zero-order chi connectivity index (χ0) is 15.9. The number of carbonyl (C=O) groups excluding carboxylic acids is 1. The molecule has 0 aromatic carbocycles. The molecule has 0 saturated carbocycles. The van der Waals surface area contributed by atoms with E-state index in [4.69, 9.17) is 14.2 Å². The van der Waals surface area contributed by atoms with E-state index in [0.717, 1.165) is 19.3 Å². The molecular formula is C16H28O5. The minimum atomic E-state index is -0.691. The minimum absolute atomic E-state index is 0.0882. The van der Waals surface area contributed by atoms with Gasteiger partial charge in [0.1, 0.15) is 12.2 Å². The molecule has 1 fully saturated rings. The van der Waals surface area contributed by atoms with E-state index in [9.17, 15) is 9.90 Å². The Morgan fingerprint density at radius 1 is 1.43 bits per heavy atom. The van der Waals surface area contributed by atoms with Crippen molar-refractivity contribution in [1.82, 2.24) is 0 Å². The Labute approximate surface area is 127 Å². The van der Waals surface area contributed by atoms with Gasteiger partial charge in [0.05, 0.1) is 20.1 Å². The van der Waals surface area contributed by atoms with Crippen LogP contribution in [0.4, 0.5) is 0 Å². The van der Waals surface area contributed by atoms with Gasteiger partial charge < -0.3 is 19.3 Å². The largest absolute Gasteiger partial charge is 0.469 e. The number of aliphatic hydroxyl groups excluding tert-OH is 1. The van der Waals surface area contributed by atoms with Crippen LogP contribution in [0.5, 0.6) is 0 Å². The first-order valence-corrected chi connectivity index (χ1v) is 7.63. The van der Waals surface area contributed by atoms with Crippen molar-refractivity contribution in [2.75, 3.05) is 13.7 Å². The van der Waals surface area contributed by atoms with Crippen LogP contribution in [-0.2, 0) is 19.0 Å². The van der Waals surface area contributed by atoms with Crippen molar-refractivity contribution in [2.24, 2.45) is 5.92 Å². The highest BCUT2D eigenvalue weighted by atomic mass is 16.8. The summed E-state index contributed by atoms with van der Waals surface area (Å²) in [7, 11) is 1.40. The Bertz CT molecular complexity index is 351. The molecule has 5 nitrogen and oxygen atoms in total. The number of methoxy groups -OCH3 is 1. The molecule has 1 aliphatic rings. The summed E-state index contributed by atoms with van der Waals surface area (Å²) >= 11 is 0. The molecule has 0 amide bonds. The topological polar surface area (TPSA) is 65.0 Å². The van der Waals surface area contributed by atoms with Gasteiger partial charge >= 0.3 is 5.97 Å². The molecule has 0 spiro atoms. The van der Waals surface area contributed by atoms with Crippen LogP contribution in [0.15, 0.2) is 12.2 Å². The molecule has 0 aromatic heterocycles. The molecule has 1 rings (SSSR count). The van der Waals surface area contributed by atoms with Gasteiger partial charge in [-0.2, -0.15) is 0 Å². The second kappa shape index (κ2) is 8.51. The van der Waals surface area contributed by atoms with Crippen LogP contribution in [0.25, 0.3) is 0 Å². The maximum absolute atomic E-state index is 11.5. The van der Waals surface area contributed by atoms with Crippen molar-refractivity contribution in [3.05, 3.63) is 12.2 Å². The Balaban J connectivity index is 2.65. The number of hydrogen-bond acceptors (Lipinski definition) is 5. The second-order valence-corrected chi connectivity index (χ2v) is 5.89. The van der Waals surface area contributed by atoms with E-state index < -0.39 is 5.79 Å². The normalized spacial score (nSPS) is 26.1. The van der Waals surface area contributed by atoms with E-state index in [1.807, 2.05) is 26.0 Å². The lowest BCUT2D eigenvalue weighted by atomic mass is 9.97. The van der Waals surface area contributed by atoms with Gasteiger partial charge in [0, 0.05) is 0 Å². The third kappa shape index (κ3) is 6.16. The summed E-state index contributed by atoms with van der Waals surface area (Å²) in [5, 5.41) is 9.35. The highest BCUT2D eigenvalue weighted by Crippen LogP contribution is 2.29. The van der Waals surface area contributed by atoms with Crippen LogP contribution >= 0.6 is 0 Å². The zero-order valence-electron chi connectivity index (χ0n) is 13.5. The standard InChI is InChI=1S/C16H28O5/c1-5-6-7-12(10-15(18)19-4)8-9-13-14(11-17)21-16(2,3)20-13/h8-9,12-14,17H,5-7,10-11H2,1-4H3/b9-8+/t12-,13+,14-/m1/s1. The molecule has 0 unspecified atom stereocenters. The van der Waals surface area contributed by atoms with Crippen molar-refractivity contribution in [3.63, 3.8) is 0 Å². The summed E-state index contributed by atoms with van der Waals surface area (Å²) in [5.41, 5.74) is 0. The van der Waals surface area contributed by atoms with Crippen molar-refractivity contribution in [2.45, 2.75) is 64.4 Å². The second-order valence-electron chi connectivity index (χ2n) is 5.89. The van der Waals surface area contributed by atoms with Gasteiger partial charge in [0.2, 0.25) is 0 Å². The van der Waals surface area contributed by atoms with Crippen molar-refractivity contribution in [1.29, 1.82) is 0 Å². The number of ether oxygens (including phenoxy) is 3. The van der Waals surface area contributed by atoms with Crippen LogP contribution in [0.1, 0.15) is 46.5 Å². The lowest BCUT2D eigenvalue weighted by Crippen LogP contribution is -2.25. The molecule has 3 atom stereocenters. The molecule has 5 heteroatoms. The Morgan fingerprint density at radius 2 is 2.14 bits per heavy atom. The molecule has 21 heavy (non-hydrogen) atoms. The van der Waals surface area contributed by atoms with E-state index in [-0.39, 0.29) is 30.7 Å². The predicted octanol–water partition coefficient (Wildman–Crippen LogP) is 2.42. The third-order valence-corrected chi connectivity index (χ3v) is 3.56. The lowest BCUT2D eigenvalue weighted by molar-refractivity contribution is -0.146. The van der Waals surface area contributed by atoms with Crippen molar-refractivity contribution >= 4 is 5.97 Å². The van der Waals surface area contributed by atoms with Gasteiger partial charge in [0.15, 0.2) is 5.79 Å². The van der Waals surface area contributed by atoms with Gasteiger partial charge in [-0.25, -0.2) is 0 Å². The molecule has 122 valence electrons. The first-order chi connectivity index (χ1) is 9.91. The van der Waals surface area contributed by atoms with Gasteiger partial charge in [-0.3, -0.25) is 4.79 Å². The smallest absolute Gasteiger partial charge is 0.306 e. The first-order valence-electron chi connectivity index (χ1n) is 7.63. The number of aliphatic hydroxyl groups is 1. The fourth-order valence-corrected chi connectivity index (χ4v) is 2.46. The van der Waals surface area contributed by atoms with Gasteiger partial charge in [-0.15, -0.1) is 0 Å². The molecule has 0 aromatic rings. The average Bonchev–Trinajstić information content (AvgIpc) is 2.75. The number of carbonyl (C=O) groups is 1. The van der Waals surface area contributed by atoms with Crippen molar-refractivity contribution < 1.29 is 24.1 Å². The summed E-state index contributed by atoms with van der Waals surface area (Å²) in [6, 6.07) is 0. The SMILES string of the molecule is CCCC[C@H](/C=C/[C@@H]1OC(C)(C)O[C@@H]1CO)CC(=O)OC. The summed E-state index contributed by atoms with van der Waals surface area (Å²) in [5.74, 6) is -0.767. The fraction of sp³-hybridized carbons (Fsp3) is 0.812. The maximum atomic E-state index is 11.5. The summed E-state index contributed by atoms with van der Waals surface area (Å²) in [6.07, 6.45) is 6.69. The third-order valence-electron chi connectivity index (χ3n) is 3.56. The van der Waals surface area contributed by atoms with Crippen LogP contribution < -0.4 is 0 Å². The molecule has 0 radical (unpaired) electrons.